The molecule has 1 saturated carbocycles. The molecule has 1 fully saturated rings. The Bertz CT molecular complexity index is 376. The fourth-order valence-corrected chi connectivity index (χ4v) is 2.18. The molecule has 0 N–H and O–H groups in total. The Morgan fingerprint density at radius 1 is 1.29 bits per heavy atom. The summed E-state index contributed by atoms with van der Waals surface area (Å²) in [4.78, 5) is 12.1. The fraction of sp³-hybridized carbons (Fsp3) is 0.533. The monoisotopic (exact) mass is 232 g/mol. The number of carbonyl (C=O) groups is 1. The van der Waals surface area contributed by atoms with Crippen LogP contribution < -0.4 is 0 Å². The minimum Gasteiger partial charge on any atom is -0.373 e. The summed E-state index contributed by atoms with van der Waals surface area (Å²) in [5, 5.41) is 0. The van der Waals surface area contributed by atoms with Gasteiger partial charge in [-0.2, -0.15) is 0 Å². The molecule has 1 aromatic rings. The van der Waals surface area contributed by atoms with E-state index < -0.39 is 0 Å². The number of benzene rings is 1. The first-order valence-electron chi connectivity index (χ1n) is 6.38. The number of ketones is 1. The van der Waals surface area contributed by atoms with E-state index >= 15 is 0 Å². The van der Waals surface area contributed by atoms with Crippen molar-refractivity contribution in [2.75, 3.05) is 7.11 Å². The molecule has 0 saturated heterocycles. The van der Waals surface area contributed by atoms with E-state index in [-0.39, 0.29) is 11.9 Å². The molecule has 92 valence electrons. The first kappa shape index (κ1) is 12.3. The lowest BCUT2D eigenvalue weighted by Crippen LogP contribution is -2.26. The van der Waals surface area contributed by atoms with Crippen molar-refractivity contribution in [3.8, 4) is 0 Å². The van der Waals surface area contributed by atoms with Gasteiger partial charge in [0.25, 0.3) is 0 Å². The number of ether oxygens (including phenoxy) is 1. The van der Waals surface area contributed by atoms with E-state index in [0.717, 1.165) is 24.8 Å². The fourth-order valence-electron chi connectivity index (χ4n) is 2.18. The van der Waals surface area contributed by atoms with E-state index in [1.165, 1.54) is 5.56 Å². The third-order valence-corrected chi connectivity index (χ3v) is 3.43. The maximum absolute atomic E-state index is 12.1. The number of carbonyl (C=O) groups excluding carboxylic acids is 1. The van der Waals surface area contributed by atoms with Crippen LogP contribution in [-0.2, 0) is 22.4 Å². The second-order valence-electron chi connectivity index (χ2n) is 4.81. The highest BCUT2D eigenvalue weighted by Gasteiger charge is 2.35. The van der Waals surface area contributed by atoms with Crippen molar-refractivity contribution in [3.63, 3.8) is 0 Å². The van der Waals surface area contributed by atoms with Gasteiger partial charge in [0.2, 0.25) is 0 Å². The Kier molecular flexibility index (Phi) is 3.95. The van der Waals surface area contributed by atoms with Crippen LogP contribution in [0.5, 0.6) is 0 Å². The molecule has 2 heteroatoms. The Morgan fingerprint density at radius 3 is 2.35 bits per heavy atom. The summed E-state index contributed by atoms with van der Waals surface area (Å²) in [5.41, 5.74) is 2.40. The average Bonchev–Trinajstić information content (AvgIpc) is 3.15. The lowest BCUT2D eigenvalue weighted by atomic mass is 10.0. The van der Waals surface area contributed by atoms with E-state index in [1.807, 2.05) is 0 Å². The first-order valence-corrected chi connectivity index (χ1v) is 6.38. The third kappa shape index (κ3) is 3.16. The van der Waals surface area contributed by atoms with Crippen LogP contribution in [-0.4, -0.2) is 19.0 Å². The summed E-state index contributed by atoms with van der Waals surface area (Å²) < 4.78 is 5.30. The molecule has 0 heterocycles. The Balaban J connectivity index is 1.96. The largest absolute Gasteiger partial charge is 0.373 e. The average molecular weight is 232 g/mol. The van der Waals surface area contributed by atoms with E-state index in [9.17, 15) is 4.79 Å². The maximum Gasteiger partial charge on any atom is 0.166 e. The predicted octanol–water partition coefficient (Wildman–Crippen LogP) is 2.79. The predicted molar refractivity (Wildman–Crippen MR) is 68.1 cm³/mol. The van der Waals surface area contributed by atoms with E-state index in [4.69, 9.17) is 4.74 Å². The quantitative estimate of drug-likeness (QED) is 0.754. The molecule has 0 bridgehead atoms. The highest BCUT2D eigenvalue weighted by molar-refractivity contribution is 5.85. The van der Waals surface area contributed by atoms with Gasteiger partial charge in [0.1, 0.15) is 6.10 Å². The van der Waals surface area contributed by atoms with Crippen LogP contribution in [0.4, 0.5) is 0 Å². The van der Waals surface area contributed by atoms with Crippen LogP contribution in [0, 0.1) is 5.92 Å². The standard InChI is InChI=1S/C15H20O2/c1-3-11-4-6-12(7-5-11)10-14(16)15(17-2)13-8-9-13/h4-7,13,15H,3,8-10H2,1-2H3. The van der Waals surface area contributed by atoms with Crippen molar-refractivity contribution in [1.82, 2.24) is 0 Å². The van der Waals surface area contributed by atoms with Gasteiger partial charge in [-0.15, -0.1) is 0 Å². The zero-order valence-electron chi connectivity index (χ0n) is 10.6. The molecule has 0 amide bonds. The van der Waals surface area contributed by atoms with E-state index in [2.05, 4.69) is 31.2 Å². The molecule has 1 unspecified atom stereocenters. The van der Waals surface area contributed by atoms with Crippen molar-refractivity contribution >= 4 is 5.78 Å². The molecule has 17 heavy (non-hydrogen) atoms. The molecular weight excluding hydrogens is 212 g/mol. The van der Waals surface area contributed by atoms with Gasteiger partial charge in [-0.1, -0.05) is 31.2 Å². The van der Waals surface area contributed by atoms with Crippen LogP contribution in [0.15, 0.2) is 24.3 Å². The molecule has 1 atom stereocenters. The van der Waals surface area contributed by atoms with Crippen LogP contribution in [0.1, 0.15) is 30.9 Å². The van der Waals surface area contributed by atoms with Crippen molar-refractivity contribution in [2.24, 2.45) is 5.92 Å². The molecule has 1 aromatic carbocycles. The number of rotatable bonds is 6. The number of methoxy groups -OCH3 is 1. The van der Waals surface area contributed by atoms with E-state index in [1.54, 1.807) is 7.11 Å². The second-order valence-corrected chi connectivity index (χ2v) is 4.81. The molecule has 0 spiro atoms. The summed E-state index contributed by atoms with van der Waals surface area (Å²) in [6, 6.07) is 8.30. The zero-order valence-corrected chi connectivity index (χ0v) is 10.6. The van der Waals surface area contributed by atoms with Gasteiger partial charge in [0, 0.05) is 13.5 Å². The third-order valence-electron chi connectivity index (χ3n) is 3.43. The van der Waals surface area contributed by atoms with Gasteiger partial charge in [-0.25, -0.2) is 0 Å². The van der Waals surface area contributed by atoms with Gasteiger partial charge in [-0.3, -0.25) is 4.79 Å². The molecule has 0 aliphatic heterocycles. The summed E-state index contributed by atoms with van der Waals surface area (Å²) in [6.07, 6.45) is 3.63. The van der Waals surface area contributed by atoms with E-state index in [0.29, 0.717) is 12.3 Å². The van der Waals surface area contributed by atoms with Crippen molar-refractivity contribution < 1.29 is 9.53 Å². The number of hydrogen-bond acceptors (Lipinski definition) is 2. The Labute approximate surface area is 103 Å². The highest BCUT2D eigenvalue weighted by atomic mass is 16.5. The van der Waals surface area contributed by atoms with Crippen molar-refractivity contribution in [2.45, 2.75) is 38.7 Å². The molecule has 0 radical (unpaired) electrons. The molecular formula is C15H20O2. The summed E-state index contributed by atoms with van der Waals surface area (Å²) in [5.74, 6) is 0.696. The molecule has 1 aliphatic rings. The van der Waals surface area contributed by atoms with Crippen LogP contribution in [0.25, 0.3) is 0 Å². The second kappa shape index (κ2) is 5.46. The van der Waals surface area contributed by atoms with Crippen LogP contribution >= 0.6 is 0 Å². The van der Waals surface area contributed by atoms with Crippen LogP contribution in [0.2, 0.25) is 0 Å². The maximum atomic E-state index is 12.1. The van der Waals surface area contributed by atoms with Gasteiger partial charge < -0.3 is 4.74 Å². The number of aryl methyl sites for hydroxylation is 1. The summed E-state index contributed by atoms with van der Waals surface area (Å²) in [7, 11) is 1.64. The lowest BCUT2D eigenvalue weighted by Gasteiger charge is -2.13. The van der Waals surface area contributed by atoms with Crippen LogP contribution in [0.3, 0.4) is 0 Å². The van der Waals surface area contributed by atoms with Gasteiger partial charge in [0.05, 0.1) is 0 Å². The smallest absolute Gasteiger partial charge is 0.166 e. The topological polar surface area (TPSA) is 26.3 Å². The summed E-state index contributed by atoms with van der Waals surface area (Å²) >= 11 is 0. The summed E-state index contributed by atoms with van der Waals surface area (Å²) in [6.45, 7) is 2.13. The molecule has 2 nitrogen and oxygen atoms in total. The number of hydrogen-bond donors (Lipinski definition) is 0. The number of Topliss-reactive ketones (excluding diaryl/α,β-unsaturated/α-hetero) is 1. The zero-order chi connectivity index (χ0) is 12.3. The Hall–Kier alpha value is -1.15. The van der Waals surface area contributed by atoms with Gasteiger partial charge in [-0.05, 0) is 36.3 Å². The van der Waals surface area contributed by atoms with Crippen molar-refractivity contribution in [1.29, 1.82) is 0 Å². The molecule has 0 aromatic heterocycles. The molecule has 2 rings (SSSR count). The lowest BCUT2D eigenvalue weighted by molar-refractivity contribution is -0.129. The highest BCUT2D eigenvalue weighted by Crippen LogP contribution is 2.34. The first-order chi connectivity index (χ1) is 8.24. The minimum atomic E-state index is -0.180. The minimum absolute atomic E-state index is 0.180. The van der Waals surface area contributed by atoms with Crippen molar-refractivity contribution in [3.05, 3.63) is 35.4 Å². The van der Waals surface area contributed by atoms with Gasteiger partial charge in [0.15, 0.2) is 5.78 Å². The normalized spacial score (nSPS) is 16.8. The molecule has 1 aliphatic carbocycles. The van der Waals surface area contributed by atoms with Gasteiger partial charge >= 0.3 is 0 Å². The Morgan fingerprint density at radius 2 is 1.88 bits per heavy atom. The SMILES string of the molecule is CCc1ccc(CC(=O)C(OC)C2CC2)cc1.